The molecule has 8 heteroatoms. The van der Waals surface area contributed by atoms with Crippen molar-refractivity contribution in [1.29, 1.82) is 0 Å². The number of aromatic nitrogens is 2. The van der Waals surface area contributed by atoms with Crippen LogP contribution >= 0.6 is 0 Å². The molecular formula is C25H34N4O4. The largest absolute Gasteiger partial charge is 0.481 e. The zero-order valence-corrected chi connectivity index (χ0v) is 19.6. The Balaban J connectivity index is 1.47. The molecule has 1 aliphatic carbocycles. The number of nitrogens with zero attached hydrogens (tertiary/aromatic N) is 4. The van der Waals surface area contributed by atoms with Crippen LogP contribution in [0, 0.1) is 12.3 Å². The first-order chi connectivity index (χ1) is 15.7. The number of pyridine rings is 2. The molecule has 8 nitrogen and oxygen atoms in total. The average Bonchev–Trinajstić information content (AvgIpc) is 3.19. The number of anilines is 1. The van der Waals surface area contributed by atoms with Crippen LogP contribution in [0.25, 0.3) is 10.9 Å². The van der Waals surface area contributed by atoms with Crippen molar-refractivity contribution >= 4 is 28.5 Å². The molecule has 4 rings (SSSR count). The molecule has 0 unspecified atom stereocenters. The Hall–Kier alpha value is -2.74. The molecule has 2 aromatic rings. The summed E-state index contributed by atoms with van der Waals surface area (Å²) in [4.78, 5) is 37.1. The molecule has 0 bridgehead atoms. The summed E-state index contributed by atoms with van der Waals surface area (Å²) in [6.07, 6.45) is 8.72. The number of amides is 1. The van der Waals surface area contributed by atoms with Crippen LogP contribution in [0.5, 0.6) is 0 Å². The van der Waals surface area contributed by atoms with Gasteiger partial charge in [-0.15, -0.1) is 0 Å². The predicted molar refractivity (Wildman–Crippen MR) is 126 cm³/mol. The van der Waals surface area contributed by atoms with Gasteiger partial charge in [-0.2, -0.15) is 0 Å². The van der Waals surface area contributed by atoms with Gasteiger partial charge < -0.3 is 20.0 Å². The molecule has 0 aromatic carbocycles. The maximum absolute atomic E-state index is 13.1. The summed E-state index contributed by atoms with van der Waals surface area (Å²) in [5, 5.41) is 21.8. The van der Waals surface area contributed by atoms with Crippen molar-refractivity contribution < 1.29 is 19.8 Å². The normalized spacial score (nSPS) is 22.5. The Bertz CT molecular complexity index is 1040. The Morgan fingerprint density at radius 2 is 1.94 bits per heavy atom. The number of aryl methyl sites for hydroxylation is 1. The highest BCUT2D eigenvalue weighted by Crippen LogP contribution is 2.44. The van der Waals surface area contributed by atoms with Crippen molar-refractivity contribution in [2.24, 2.45) is 5.41 Å². The number of piperidine rings is 1. The molecule has 1 saturated carbocycles. The van der Waals surface area contributed by atoms with Gasteiger partial charge in [0.05, 0.1) is 24.1 Å². The van der Waals surface area contributed by atoms with Crippen LogP contribution in [0.15, 0.2) is 24.5 Å². The van der Waals surface area contributed by atoms with E-state index in [1.165, 1.54) is 0 Å². The van der Waals surface area contributed by atoms with E-state index in [0.717, 1.165) is 60.9 Å². The van der Waals surface area contributed by atoms with E-state index in [-0.39, 0.29) is 25.3 Å². The van der Waals surface area contributed by atoms with Gasteiger partial charge in [0.25, 0.3) is 0 Å². The summed E-state index contributed by atoms with van der Waals surface area (Å²) in [7, 11) is 1.72. The zero-order chi connectivity index (χ0) is 23.6. The Morgan fingerprint density at radius 1 is 1.18 bits per heavy atom. The minimum atomic E-state index is -1.04. The van der Waals surface area contributed by atoms with Crippen LogP contribution in [-0.2, 0) is 9.59 Å². The fourth-order valence-electron chi connectivity index (χ4n) is 5.74. The number of carboxylic acids is 1. The van der Waals surface area contributed by atoms with Gasteiger partial charge in [-0.25, -0.2) is 0 Å². The second-order valence-corrected chi connectivity index (χ2v) is 10.1. The highest BCUT2D eigenvalue weighted by atomic mass is 16.4. The number of aliphatic carboxylic acids is 1. The minimum absolute atomic E-state index is 0.0349. The number of hydrogen-bond acceptors (Lipinski definition) is 6. The number of likely N-dealkylation sites (N-methyl/N-ethyl adjacent to an activating group) is 1. The van der Waals surface area contributed by atoms with Gasteiger partial charge in [-0.05, 0) is 50.2 Å². The Labute approximate surface area is 194 Å². The van der Waals surface area contributed by atoms with Crippen LogP contribution in [-0.4, -0.2) is 69.2 Å². The molecule has 1 amide bonds. The molecule has 0 spiro atoms. The van der Waals surface area contributed by atoms with Gasteiger partial charge >= 0.3 is 5.97 Å². The van der Waals surface area contributed by atoms with Crippen LogP contribution in [0.4, 0.5) is 5.69 Å². The molecule has 1 aliphatic heterocycles. The summed E-state index contributed by atoms with van der Waals surface area (Å²) >= 11 is 0. The number of β-amino-alcohol motifs (C(OH)–C–C–N with tert-alkyl or cyclic N) is 1. The number of aliphatic hydroxyl groups is 1. The smallest absolute Gasteiger partial charge is 0.303 e. The minimum Gasteiger partial charge on any atom is -0.481 e. The first-order valence-electron chi connectivity index (χ1n) is 11.8. The molecule has 2 aliphatic rings. The summed E-state index contributed by atoms with van der Waals surface area (Å²) < 4.78 is 0. The van der Waals surface area contributed by atoms with Gasteiger partial charge in [0, 0.05) is 55.7 Å². The first kappa shape index (κ1) is 23.4. The van der Waals surface area contributed by atoms with Gasteiger partial charge in [0.15, 0.2) is 0 Å². The number of fused-ring (bicyclic) bond motifs is 1. The van der Waals surface area contributed by atoms with E-state index < -0.39 is 17.0 Å². The average molecular weight is 455 g/mol. The van der Waals surface area contributed by atoms with Crippen LogP contribution in [0.3, 0.4) is 0 Å². The monoisotopic (exact) mass is 454 g/mol. The van der Waals surface area contributed by atoms with E-state index in [1.807, 2.05) is 25.3 Å². The number of carbonyl (C=O) groups excluding carboxylic acids is 1. The van der Waals surface area contributed by atoms with E-state index >= 15 is 0 Å². The third-order valence-corrected chi connectivity index (χ3v) is 7.29. The molecule has 2 N–H and O–H groups in total. The predicted octanol–water partition coefficient (Wildman–Crippen LogP) is 3.15. The molecule has 2 fully saturated rings. The van der Waals surface area contributed by atoms with Gasteiger partial charge in [-0.1, -0.05) is 12.8 Å². The standard InChI is InChI=1S/C25H34N4O4/c1-18-12-21(19-15-26-10-6-20(19)27-18)29-11-5-9-25(33,17-29)16-28(2)22(30)13-24(14-23(31)32)7-3-4-8-24/h6,10,12,15,33H,3-5,7-9,11,13-14,16-17H2,1-2H3,(H,31,32)/t25-/m1/s1. The number of carboxylic acid groups (broad SMARTS) is 1. The second-order valence-electron chi connectivity index (χ2n) is 10.1. The molecular weight excluding hydrogens is 420 g/mol. The first-order valence-corrected chi connectivity index (χ1v) is 11.8. The second kappa shape index (κ2) is 9.25. The zero-order valence-electron chi connectivity index (χ0n) is 19.6. The molecule has 0 radical (unpaired) electrons. The van der Waals surface area contributed by atoms with Crippen molar-refractivity contribution in [1.82, 2.24) is 14.9 Å². The lowest BCUT2D eigenvalue weighted by atomic mass is 9.79. The fourth-order valence-corrected chi connectivity index (χ4v) is 5.74. The van der Waals surface area contributed by atoms with Crippen molar-refractivity contribution in [3.8, 4) is 0 Å². The van der Waals surface area contributed by atoms with Crippen LogP contribution in [0.1, 0.15) is 57.1 Å². The Morgan fingerprint density at radius 3 is 2.67 bits per heavy atom. The summed E-state index contributed by atoms with van der Waals surface area (Å²) in [5.41, 5.74) is 1.30. The van der Waals surface area contributed by atoms with E-state index in [1.54, 1.807) is 18.1 Å². The highest BCUT2D eigenvalue weighted by molar-refractivity contribution is 5.91. The fraction of sp³-hybridized carbons (Fsp3) is 0.600. The van der Waals surface area contributed by atoms with E-state index in [0.29, 0.717) is 13.0 Å². The summed E-state index contributed by atoms with van der Waals surface area (Å²) in [6.45, 7) is 3.42. The molecule has 1 atom stereocenters. The SMILES string of the molecule is Cc1cc(N2CCC[C@@](O)(CN(C)C(=O)CC3(CC(=O)O)CCCC3)C2)c2cnccc2n1. The van der Waals surface area contributed by atoms with Gasteiger partial charge in [0.2, 0.25) is 5.91 Å². The van der Waals surface area contributed by atoms with Gasteiger partial charge in [-0.3, -0.25) is 19.6 Å². The number of carbonyl (C=O) groups is 2. The quantitative estimate of drug-likeness (QED) is 0.662. The molecule has 3 heterocycles. The topological polar surface area (TPSA) is 107 Å². The van der Waals surface area contributed by atoms with E-state index in [4.69, 9.17) is 0 Å². The van der Waals surface area contributed by atoms with Crippen molar-refractivity contribution in [2.45, 2.75) is 63.9 Å². The maximum atomic E-state index is 13.1. The third kappa shape index (κ3) is 5.27. The highest BCUT2D eigenvalue weighted by Gasteiger charge is 2.41. The van der Waals surface area contributed by atoms with Crippen LogP contribution in [0.2, 0.25) is 0 Å². The lowest BCUT2D eigenvalue weighted by molar-refractivity contribution is -0.142. The number of rotatable bonds is 7. The maximum Gasteiger partial charge on any atom is 0.303 e. The molecule has 2 aromatic heterocycles. The molecule has 33 heavy (non-hydrogen) atoms. The molecule has 1 saturated heterocycles. The van der Waals surface area contributed by atoms with Crippen molar-refractivity contribution in [3.05, 3.63) is 30.2 Å². The van der Waals surface area contributed by atoms with Crippen molar-refractivity contribution in [2.75, 3.05) is 31.6 Å². The van der Waals surface area contributed by atoms with Crippen molar-refractivity contribution in [3.63, 3.8) is 0 Å². The molecule has 178 valence electrons. The number of hydrogen-bond donors (Lipinski definition) is 2. The summed E-state index contributed by atoms with van der Waals surface area (Å²) in [5.74, 6) is -0.929. The summed E-state index contributed by atoms with van der Waals surface area (Å²) in [6, 6.07) is 3.92. The van der Waals surface area contributed by atoms with Gasteiger partial charge in [0.1, 0.15) is 0 Å². The third-order valence-electron chi connectivity index (χ3n) is 7.29. The van der Waals surface area contributed by atoms with E-state index in [9.17, 15) is 19.8 Å². The Kier molecular flexibility index (Phi) is 6.56. The lowest BCUT2D eigenvalue weighted by Crippen LogP contribution is -2.55. The lowest BCUT2D eigenvalue weighted by Gasteiger charge is -2.43. The van der Waals surface area contributed by atoms with E-state index in [2.05, 4.69) is 14.9 Å². The van der Waals surface area contributed by atoms with Crippen LogP contribution < -0.4 is 4.90 Å².